The predicted octanol–water partition coefficient (Wildman–Crippen LogP) is 0.736. The van der Waals surface area contributed by atoms with Gasteiger partial charge in [0.1, 0.15) is 12.4 Å². The molecule has 0 aromatic carbocycles. The summed E-state index contributed by atoms with van der Waals surface area (Å²) in [6.45, 7) is 7.92. The highest BCUT2D eigenvalue weighted by Gasteiger charge is 2.41. The summed E-state index contributed by atoms with van der Waals surface area (Å²) < 4.78 is 1.85. The molecule has 27 heavy (non-hydrogen) atoms. The van der Waals surface area contributed by atoms with E-state index in [0.717, 1.165) is 38.2 Å². The van der Waals surface area contributed by atoms with Gasteiger partial charge in [0.2, 0.25) is 11.8 Å². The fourth-order valence-corrected chi connectivity index (χ4v) is 4.11. The lowest BCUT2D eigenvalue weighted by molar-refractivity contribution is -0.137. The normalized spacial score (nSPS) is 22.0. The molecule has 3 rings (SSSR count). The molecule has 2 amide bonds. The van der Waals surface area contributed by atoms with Crippen LogP contribution in [-0.2, 0) is 29.7 Å². The van der Waals surface area contributed by atoms with Crippen molar-refractivity contribution in [3.8, 4) is 0 Å². The summed E-state index contributed by atoms with van der Waals surface area (Å²) in [6.07, 6.45) is 3.00. The third-order valence-electron chi connectivity index (χ3n) is 5.88. The van der Waals surface area contributed by atoms with E-state index in [-0.39, 0.29) is 29.9 Å². The maximum atomic E-state index is 12.9. The van der Waals surface area contributed by atoms with Gasteiger partial charge < -0.3 is 19.5 Å². The standard InChI is InChI=1S/C19H31N5O3/c1-19(2,3)24-11-14(10-17(24)26)18(27)23-7-5-13(6-8-23)9-15-20-21-16(12-25)22(15)4/h13-14,25H,5-12H2,1-4H3/t14-/m0/s1. The molecular weight excluding hydrogens is 346 g/mol. The number of amides is 2. The second kappa shape index (κ2) is 7.58. The summed E-state index contributed by atoms with van der Waals surface area (Å²) in [5, 5.41) is 17.4. The Morgan fingerprint density at radius 3 is 2.33 bits per heavy atom. The second-order valence-electron chi connectivity index (χ2n) is 8.80. The molecule has 3 heterocycles. The van der Waals surface area contributed by atoms with Gasteiger partial charge in [0.05, 0.1) is 5.92 Å². The van der Waals surface area contributed by atoms with E-state index in [4.69, 9.17) is 0 Å². The van der Waals surface area contributed by atoms with E-state index >= 15 is 0 Å². The second-order valence-corrected chi connectivity index (χ2v) is 8.80. The Bertz CT molecular complexity index is 701. The first-order valence-corrected chi connectivity index (χ1v) is 9.78. The average molecular weight is 377 g/mol. The van der Waals surface area contributed by atoms with Crippen LogP contribution in [0.3, 0.4) is 0 Å². The minimum atomic E-state index is -0.233. The average Bonchev–Trinajstić information content (AvgIpc) is 3.18. The van der Waals surface area contributed by atoms with Crippen molar-refractivity contribution in [2.24, 2.45) is 18.9 Å². The van der Waals surface area contributed by atoms with Gasteiger partial charge in [-0.05, 0) is 39.5 Å². The Labute approximate surface area is 160 Å². The van der Waals surface area contributed by atoms with Crippen LogP contribution in [0.4, 0.5) is 0 Å². The molecule has 0 aliphatic carbocycles. The molecule has 0 saturated carbocycles. The first-order valence-electron chi connectivity index (χ1n) is 9.78. The van der Waals surface area contributed by atoms with Crippen molar-refractivity contribution >= 4 is 11.8 Å². The molecule has 2 aliphatic rings. The van der Waals surface area contributed by atoms with Crippen LogP contribution in [-0.4, -0.2) is 66.7 Å². The lowest BCUT2D eigenvalue weighted by Crippen LogP contribution is -2.45. The van der Waals surface area contributed by atoms with Gasteiger partial charge in [-0.2, -0.15) is 0 Å². The van der Waals surface area contributed by atoms with E-state index < -0.39 is 0 Å². The van der Waals surface area contributed by atoms with Crippen LogP contribution in [0, 0.1) is 11.8 Å². The molecule has 2 fully saturated rings. The van der Waals surface area contributed by atoms with Gasteiger partial charge in [-0.3, -0.25) is 9.59 Å². The molecule has 1 aromatic rings. The van der Waals surface area contributed by atoms with Crippen molar-refractivity contribution in [2.75, 3.05) is 19.6 Å². The number of hydrogen-bond acceptors (Lipinski definition) is 5. The van der Waals surface area contributed by atoms with Crippen LogP contribution < -0.4 is 0 Å². The number of rotatable bonds is 4. The van der Waals surface area contributed by atoms with E-state index in [9.17, 15) is 14.7 Å². The summed E-state index contributed by atoms with van der Waals surface area (Å²) in [5.74, 6) is 1.91. The van der Waals surface area contributed by atoms with E-state index in [1.54, 1.807) is 0 Å². The molecule has 8 heteroatoms. The van der Waals surface area contributed by atoms with E-state index in [1.165, 1.54) is 0 Å². The number of hydrogen-bond donors (Lipinski definition) is 1. The number of nitrogens with zero attached hydrogens (tertiary/aromatic N) is 5. The smallest absolute Gasteiger partial charge is 0.227 e. The fourth-order valence-electron chi connectivity index (χ4n) is 4.11. The Kier molecular flexibility index (Phi) is 5.55. The lowest BCUT2D eigenvalue weighted by atomic mass is 9.92. The van der Waals surface area contributed by atoms with Crippen molar-refractivity contribution in [1.29, 1.82) is 0 Å². The van der Waals surface area contributed by atoms with Crippen LogP contribution in [0.5, 0.6) is 0 Å². The Morgan fingerprint density at radius 1 is 1.19 bits per heavy atom. The van der Waals surface area contributed by atoms with Crippen LogP contribution in [0.15, 0.2) is 0 Å². The number of aliphatic hydroxyl groups is 1. The summed E-state index contributed by atoms with van der Waals surface area (Å²) in [7, 11) is 1.87. The minimum Gasteiger partial charge on any atom is -0.388 e. The van der Waals surface area contributed by atoms with E-state index in [2.05, 4.69) is 10.2 Å². The van der Waals surface area contributed by atoms with Gasteiger partial charge in [0.15, 0.2) is 5.82 Å². The summed E-state index contributed by atoms with van der Waals surface area (Å²) in [5.41, 5.74) is -0.233. The lowest BCUT2D eigenvalue weighted by Gasteiger charge is -2.34. The van der Waals surface area contributed by atoms with Crippen molar-refractivity contribution in [1.82, 2.24) is 24.6 Å². The summed E-state index contributed by atoms with van der Waals surface area (Å²) >= 11 is 0. The van der Waals surface area contributed by atoms with Crippen LogP contribution in [0.1, 0.15) is 51.7 Å². The highest BCUT2D eigenvalue weighted by molar-refractivity contribution is 5.89. The summed E-state index contributed by atoms with van der Waals surface area (Å²) in [4.78, 5) is 28.9. The number of likely N-dealkylation sites (tertiary alicyclic amines) is 2. The van der Waals surface area contributed by atoms with E-state index in [1.807, 2.05) is 42.2 Å². The molecule has 1 aromatic heterocycles. The minimum absolute atomic E-state index is 0.0812. The topological polar surface area (TPSA) is 91.6 Å². The molecular formula is C19H31N5O3. The zero-order chi connectivity index (χ0) is 19.8. The molecule has 0 radical (unpaired) electrons. The largest absolute Gasteiger partial charge is 0.388 e. The molecule has 2 aliphatic heterocycles. The number of carbonyl (C=O) groups is 2. The maximum Gasteiger partial charge on any atom is 0.227 e. The van der Waals surface area contributed by atoms with Gasteiger partial charge in [-0.15, -0.1) is 10.2 Å². The highest BCUT2D eigenvalue weighted by atomic mass is 16.3. The monoisotopic (exact) mass is 377 g/mol. The summed E-state index contributed by atoms with van der Waals surface area (Å²) in [6, 6.07) is 0. The zero-order valence-corrected chi connectivity index (χ0v) is 16.8. The molecule has 150 valence electrons. The third kappa shape index (κ3) is 4.15. The van der Waals surface area contributed by atoms with Crippen LogP contribution in [0.25, 0.3) is 0 Å². The van der Waals surface area contributed by atoms with E-state index in [0.29, 0.717) is 24.7 Å². The molecule has 2 saturated heterocycles. The van der Waals surface area contributed by atoms with Gasteiger partial charge in [-0.25, -0.2) is 0 Å². The Balaban J connectivity index is 1.52. The third-order valence-corrected chi connectivity index (χ3v) is 5.88. The zero-order valence-electron chi connectivity index (χ0n) is 16.8. The molecule has 1 atom stereocenters. The van der Waals surface area contributed by atoms with Gasteiger partial charge in [0, 0.05) is 45.1 Å². The van der Waals surface area contributed by atoms with Crippen molar-refractivity contribution in [2.45, 2.75) is 58.6 Å². The Morgan fingerprint density at radius 2 is 1.81 bits per heavy atom. The predicted molar refractivity (Wildman–Crippen MR) is 99.5 cm³/mol. The first-order chi connectivity index (χ1) is 12.7. The van der Waals surface area contributed by atoms with Gasteiger partial charge in [0.25, 0.3) is 0 Å². The molecule has 0 bridgehead atoms. The SMILES string of the molecule is Cn1c(CO)nnc1CC1CCN(C(=O)[C@H]2CC(=O)N(C(C)(C)C)C2)CC1. The van der Waals surface area contributed by atoms with Crippen molar-refractivity contribution < 1.29 is 14.7 Å². The fraction of sp³-hybridized carbons (Fsp3) is 0.789. The van der Waals surface area contributed by atoms with Crippen LogP contribution in [0.2, 0.25) is 0 Å². The number of aliphatic hydroxyl groups excluding tert-OH is 1. The van der Waals surface area contributed by atoms with Gasteiger partial charge >= 0.3 is 0 Å². The molecule has 0 spiro atoms. The van der Waals surface area contributed by atoms with Crippen LogP contribution >= 0.6 is 0 Å². The van der Waals surface area contributed by atoms with Crippen molar-refractivity contribution in [3.63, 3.8) is 0 Å². The quantitative estimate of drug-likeness (QED) is 0.835. The first kappa shape index (κ1) is 19.8. The Hall–Kier alpha value is -1.96. The number of piperidine rings is 1. The molecule has 1 N–H and O–H groups in total. The molecule has 0 unspecified atom stereocenters. The number of aromatic nitrogens is 3. The number of carbonyl (C=O) groups excluding carboxylic acids is 2. The highest BCUT2D eigenvalue weighted by Crippen LogP contribution is 2.29. The van der Waals surface area contributed by atoms with Crippen molar-refractivity contribution in [3.05, 3.63) is 11.6 Å². The van der Waals surface area contributed by atoms with Gasteiger partial charge in [-0.1, -0.05) is 0 Å². The molecule has 8 nitrogen and oxygen atoms in total. The maximum absolute atomic E-state index is 12.9.